The fourth-order valence-electron chi connectivity index (χ4n) is 1.96. The van der Waals surface area contributed by atoms with Gasteiger partial charge in [0.25, 0.3) is 0 Å². The summed E-state index contributed by atoms with van der Waals surface area (Å²) >= 11 is 0. The second-order valence-corrected chi connectivity index (χ2v) is 4.13. The lowest BCUT2D eigenvalue weighted by molar-refractivity contribution is 0.372. The van der Waals surface area contributed by atoms with Gasteiger partial charge in [-0.2, -0.15) is 0 Å². The van der Waals surface area contributed by atoms with E-state index >= 15 is 0 Å². The molecule has 0 radical (unpaired) electrons. The standard InChI is InChI=1S/C13H22N2O/c1-4-10(5-2)9-12(14)11-7-6-8-15-13(11)16-3/h6-8,10,12H,4-5,9,14H2,1-3H3. The highest BCUT2D eigenvalue weighted by Gasteiger charge is 2.16. The maximum atomic E-state index is 6.20. The number of nitrogens with zero attached hydrogens (tertiary/aromatic N) is 1. The van der Waals surface area contributed by atoms with Crippen molar-refractivity contribution in [3.63, 3.8) is 0 Å². The number of nitrogens with two attached hydrogens (primary N) is 1. The van der Waals surface area contributed by atoms with Crippen molar-refractivity contribution in [1.82, 2.24) is 4.98 Å². The van der Waals surface area contributed by atoms with Crippen molar-refractivity contribution in [2.45, 2.75) is 39.2 Å². The molecule has 0 aliphatic heterocycles. The Hall–Kier alpha value is -1.09. The van der Waals surface area contributed by atoms with Crippen molar-refractivity contribution >= 4 is 0 Å². The predicted molar refractivity (Wildman–Crippen MR) is 66.4 cm³/mol. The maximum Gasteiger partial charge on any atom is 0.217 e. The molecular formula is C13H22N2O. The minimum Gasteiger partial charge on any atom is -0.481 e. The molecule has 0 spiro atoms. The van der Waals surface area contributed by atoms with Crippen LogP contribution in [0, 0.1) is 5.92 Å². The summed E-state index contributed by atoms with van der Waals surface area (Å²) in [6.45, 7) is 4.42. The number of aromatic nitrogens is 1. The van der Waals surface area contributed by atoms with Gasteiger partial charge in [0, 0.05) is 17.8 Å². The first-order valence-corrected chi connectivity index (χ1v) is 5.97. The molecule has 90 valence electrons. The summed E-state index contributed by atoms with van der Waals surface area (Å²) in [6, 6.07) is 3.93. The summed E-state index contributed by atoms with van der Waals surface area (Å²) < 4.78 is 5.22. The number of pyridine rings is 1. The molecule has 0 amide bonds. The van der Waals surface area contributed by atoms with Crippen LogP contribution in [0.15, 0.2) is 18.3 Å². The molecular weight excluding hydrogens is 200 g/mol. The summed E-state index contributed by atoms with van der Waals surface area (Å²) in [7, 11) is 1.63. The Morgan fingerprint density at radius 3 is 2.62 bits per heavy atom. The average Bonchev–Trinajstić information content (AvgIpc) is 2.35. The van der Waals surface area contributed by atoms with Crippen LogP contribution >= 0.6 is 0 Å². The van der Waals surface area contributed by atoms with Crippen molar-refractivity contribution in [2.24, 2.45) is 11.7 Å². The summed E-state index contributed by atoms with van der Waals surface area (Å²) in [5.74, 6) is 1.33. The molecule has 0 aliphatic carbocycles. The number of hydrogen-bond donors (Lipinski definition) is 1. The molecule has 1 atom stereocenters. The van der Waals surface area contributed by atoms with Crippen LogP contribution in [0.25, 0.3) is 0 Å². The third kappa shape index (κ3) is 3.20. The van der Waals surface area contributed by atoms with E-state index in [-0.39, 0.29) is 6.04 Å². The predicted octanol–water partition coefficient (Wildman–Crippen LogP) is 2.92. The average molecular weight is 222 g/mol. The van der Waals surface area contributed by atoms with Gasteiger partial charge < -0.3 is 10.5 Å². The van der Waals surface area contributed by atoms with Crippen molar-refractivity contribution in [3.05, 3.63) is 23.9 Å². The summed E-state index contributed by atoms with van der Waals surface area (Å²) in [5, 5.41) is 0. The van der Waals surface area contributed by atoms with Gasteiger partial charge in [0.15, 0.2) is 0 Å². The molecule has 1 aromatic rings. The van der Waals surface area contributed by atoms with E-state index in [9.17, 15) is 0 Å². The highest BCUT2D eigenvalue weighted by atomic mass is 16.5. The van der Waals surface area contributed by atoms with Crippen LogP contribution in [0.1, 0.15) is 44.7 Å². The SMILES string of the molecule is CCC(CC)CC(N)c1cccnc1OC. The van der Waals surface area contributed by atoms with Gasteiger partial charge in [-0.3, -0.25) is 0 Å². The fraction of sp³-hybridized carbons (Fsp3) is 0.615. The second kappa shape index (κ2) is 6.48. The van der Waals surface area contributed by atoms with Crippen molar-refractivity contribution in [2.75, 3.05) is 7.11 Å². The molecule has 1 rings (SSSR count). The van der Waals surface area contributed by atoms with Gasteiger partial charge in [-0.1, -0.05) is 32.8 Å². The molecule has 0 aliphatic rings. The second-order valence-electron chi connectivity index (χ2n) is 4.13. The number of rotatable bonds is 6. The molecule has 3 nitrogen and oxygen atoms in total. The van der Waals surface area contributed by atoms with E-state index in [0.717, 1.165) is 12.0 Å². The summed E-state index contributed by atoms with van der Waals surface area (Å²) in [4.78, 5) is 4.17. The highest BCUT2D eigenvalue weighted by Crippen LogP contribution is 2.27. The fourth-order valence-corrected chi connectivity index (χ4v) is 1.96. The lowest BCUT2D eigenvalue weighted by atomic mass is 9.92. The molecule has 1 aromatic heterocycles. The molecule has 1 unspecified atom stereocenters. The van der Waals surface area contributed by atoms with Crippen molar-refractivity contribution < 1.29 is 4.74 Å². The van der Waals surface area contributed by atoms with E-state index in [1.807, 2.05) is 12.1 Å². The van der Waals surface area contributed by atoms with E-state index in [0.29, 0.717) is 11.8 Å². The van der Waals surface area contributed by atoms with Gasteiger partial charge >= 0.3 is 0 Å². The van der Waals surface area contributed by atoms with Crippen LogP contribution in [0.4, 0.5) is 0 Å². The molecule has 0 bridgehead atoms. The Morgan fingerprint density at radius 1 is 1.38 bits per heavy atom. The molecule has 0 aromatic carbocycles. The van der Waals surface area contributed by atoms with Crippen LogP contribution in [-0.4, -0.2) is 12.1 Å². The Morgan fingerprint density at radius 2 is 2.06 bits per heavy atom. The lowest BCUT2D eigenvalue weighted by Crippen LogP contribution is -2.16. The third-order valence-corrected chi connectivity index (χ3v) is 3.14. The van der Waals surface area contributed by atoms with Gasteiger partial charge in [-0.15, -0.1) is 0 Å². The molecule has 2 N–H and O–H groups in total. The first-order chi connectivity index (χ1) is 7.72. The monoisotopic (exact) mass is 222 g/mol. The zero-order chi connectivity index (χ0) is 12.0. The van der Waals surface area contributed by atoms with Gasteiger partial charge in [0.05, 0.1) is 7.11 Å². The Balaban J connectivity index is 2.75. The Bertz CT molecular complexity index is 311. The van der Waals surface area contributed by atoms with E-state index in [2.05, 4.69) is 18.8 Å². The van der Waals surface area contributed by atoms with Crippen LogP contribution < -0.4 is 10.5 Å². The summed E-state index contributed by atoms with van der Waals surface area (Å²) in [6.07, 6.45) is 5.07. The minimum absolute atomic E-state index is 0.0218. The number of ether oxygens (including phenoxy) is 1. The van der Waals surface area contributed by atoms with Crippen LogP contribution in [0.2, 0.25) is 0 Å². The molecule has 16 heavy (non-hydrogen) atoms. The quantitative estimate of drug-likeness (QED) is 0.805. The van der Waals surface area contributed by atoms with Gasteiger partial charge in [0.2, 0.25) is 5.88 Å². The van der Waals surface area contributed by atoms with E-state index in [4.69, 9.17) is 10.5 Å². The Kier molecular flexibility index (Phi) is 5.26. The molecule has 0 saturated heterocycles. The van der Waals surface area contributed by atoms with Crippen molar-refractivity contribution in [3.8, 4) is 5.88 Å². The van der Waals surface area contributed by atoms with Crippen LogP contribution in [0.3, 0.4) is 0 Å². The first-order valence-electron chi connectivity index (χ1n) is 5.97. The Labute approximate surface area is 98.0 Å². The smallest absolute Gasteiger partial charge is 0.217 e. The number of hydrogen-bond acceptors (Lipinski definition) is 3. The van der Waals surface area contributed by atoms with E-state index < -0.39 is 0 Å². The molecule has 3 heteroatoms. The molecule has 1 heterocycles. The molecule has 0 saturated carbocycles. The van der Waals surface area contributed by atoms with Crippen LogP contribution in [0.5, 0.6) is 5.88 Å². The zero-order valence-corrected chi connectivity index (χ0v) is 10.4. The van der Waals surface area contributed by atoms with Gasteiger partial charge in [-0.05, 0) is 18.4 Å². The van der Waals surface area contributed by atoms with E-state index in [1.165, 1.54) is 12.8 Å². The van der Waals surface area contributed by atoms with Crippen molar-refractivity contribution in [1.29, 1.82) is 0 Å². The highest BCUT2D eigenvalue weighted by molar-refractivity contribution is 5.28. The van der Waals surface area contributed by atoms with Crippen LogP contribution in [-0.2, 0) is 0 Å². The topological polar surface area (TPSA) is 48.1 Å². The first kappa shape index (κ1) is 13.0. The maximum absolute atomic E-state index is 6.20. The van der Waals surface area contributed by atoms with E-state index in [1.54, 1.807) is 13.3 Å². The third-order valence-electron chi connectivity index (χ3n) is 3.14. The normalized spacial score (nSPS) is 12.8. The van der Waals surface area contributed by atoms with Gasteiger partial charge in [0.1, 0.15) is 0 Å². The largest absolute Gasteiger partial charge is 0.481 e. The summed E-state index contributed by atoms with van der Waals surface area (Å²) in [5.41, 5.74) is 7.21. The molecule has 0 fully saturated rings. The minimum atomic E-state index is 0.0218. The van der Waals surface area contributed by atoms with Gasteiger partial charge in [-0.25, -0.2) is 4.98 Å². The lowest BCUT2D eigenvalue weighted by Gasteiger charge is -2.19. The number of methoxy groups -OCH3 is 1. The zero-order valence-electron chi connectivity index (χ0n) is 10.4.